The maximum atomic E-state index is 12.2. The molecule has 0 aliphatic heterocycles. The number of hydrogen-bond donors (Lipinski definition) is 1. The van der Waals surface area contributed by atoms with Gasteiger partial charge in [-0.1, -0.05) is 24.3 Å². The summed E-state index contributed by atoms with van der Waals surface area (Å²) in [5.74, 6) is -0.136. The first-order chi connectivity index (χ1) is 11.3. The molecule has 5 nitrogen and oxygen atoms in total. The lowest BCUT2D eigenvalue weighted by Crippen LogP contribution is -2.29. The molecule has 0 saturated heterocycles. The van der Waals surface area contributed by atoms with Crippen LogP contribution in [-0.2, 0) is 16.6 Å². The maximum Gasteiger partial charge on any atom is 0.251 e. The van der Waals surface area contributed by atoms with Crippen LogP contribution in [-0.4, -0.2) is 27.1 Å². The third-order valence-corrected chi connectivity index (χ3v) is 4.71. The van der Waals surface area contributed by atoms with E-state index < -0.39 is 10.0 Å². The molecule has 2 aromatic rings. The zero-order valence-electron chi connectivity index (χ0n) is 14.1. The van der Waals surface area contributed by atoms with E-state index in [0.717, 1.165) is 11.1 Å². The molecule has 2 rings (SSSR count). The topological polar surface area (TPSA) is 66.5 Å². The van der Waals surface area contributed by atoms with Gasteiger partial charge in [0.15, 0.2) is 0 Å². The fourth-order valence-corrected chi connectivity index (χ4v) is 3.25. The maximum absolute atomic E-state index is 12.2. The van der Waals surface area contributed by atoms with Crippen LogP contribution in [0.15, 0.2) is 48.5 Å². The fourth-order valence-electron chi connectivity index (χ4n) is 2.37. The van der Waals surface area contributed by atoms with E-state index in [-0.39, 0.29) is 12.5 Å². The number of aryl methyl sites for hydroxylation is 1. The van der Waals surface area contributed by atoms with Crippen molar-refractivity contribution < 1.29 is 13.2 Å². The zero-order chi connectivity index (χ0) is 17.7. The third-order valence-electron chi connectivity index (χ3n) is 3.57. The van der Waals surface area contributed by atoms with Crippen LogP contribution in [0.5, 0.6) is 0 Å². The molecule has 0 spiro atoms. The summed E-state index contributed by atoms with van der Waals surface area (Å²) in [7, 11) is -3.41. The van der Waals surface area contributed by atoms with E-state index in [1.165, 1.54) is 10.6 Å². The summed E-state index contributed by atoms with van der Waals surface area (Å²) in [6.07, 6.45) is 1.19. The molecule has 128 valence electrons. The summed E-state index contributed by atoms with van der Waals surface area (Å²) in [5, 5.41) is 2.73. The number of carbonyl (C=O) groups excluding carboxylic acids is 1. The Labute approximate surface area is 143 Å². The van der Waals surface area contributed by atoms with E-state index >= 15 is 0 Å². The van der Waals surface area contributed by atoms with Gasteiger partial charge in [-0.25, -0.2) is 8.42 Å². The van der Waals surface area contributed by atoms with Gasteiger partial charge in [0.2, 0.25) is 10.0 Å². The number of amides is 1. The number of nitrogens with zero attached hydrogens (tertiary/aromatic N) is 1. The minimum Gasteiger partial charge on any atom is -0.352 e. The van der Waals surface area contributed by atoms with Crippen molar-refractivity contribution in [2.45, 2.75) is 20.4 Å². The van der Waals surface area contributed by atoms with Gasteiger partial charge in [-0.05, 0) is 49.2 Å². The Kier molecular flexibility index (Phi) is 5.62. The summed E-state index contributed by atoms with van der Waals surface area (Å²) in [6, 6.07) is 14.3. The lowest BCUT2D eigenvalue weighted by atomic mass is 10.1. The summed E-state index contributed by atoms with van der Waals surface area (Å²) >= 11 is 0. The van der Waals surface area contributed by atoms with Crippen molar-refractivity contribution >= 4 is 21.6 Å². The highest BCUT2D eigenvalue weighted by Gasteiger charge is 2.18. The van der Waals surface area contributed by atoms with E-state index in [4.69, 9.17) is 0 Å². The van der Waals surface area contributed by atoms with E-state index in [1.807, 2.05) is 32.0 Å². The Balaban J connectivity index is 2.26. The van der Waals surface area contributed by atoms with Crippen molar-refractivity contribution in [3.63, 3.8) is 0 Å². The number of nitrogens with one attached hydrogen (secondary N) is 1. The van der Waals surface area contributed by atoms with Gasteiger partial charge in [0, 0.05) is 12.1 Å². The van der Waals surface area contributed by atoms with Crippen molar-refractivity contribution in [3.8, 4) is 0 Å². The molecule has 0 heterocycles. The van der Waals surface area contributed by atoms with Crippen molar-refractivity contribution in [1.82, 2.24) is 5.32 Å². The summed E-state index contributed by atoms with van der Waals surface area (Å²) < 4.78 is 25.7. The molecule has 0 unspecified atom stereocenters. The van der Waals surface area contributed by atoms with Gasteiger partial charge < -0.3 is 5.32 Å². The smallest absolute Gasteiger partial charge is 0.251 e. The second-order valence-electron chi connectivity index (χ2n) is 5.67. The first-order valence-corrected chi connectivity index (χ1v) is 9.57. The molecule has 2 aromatic carbocycles. The molecule has 0 atom stereocenters. The van der Waals surface area contributed by atoms with Crippen LogP contribution in [0.3, 0.4) is 0 Å². The van der Waals surface area contributed by atoms with Gasteiger partial charge in [-0.15, -0.1) is 0 Å². The van der Waals surface area contributed by atoms with Crippen molar-refractivity contribution in [2.75, 3.05) is 17.1 Å². The summed E-state index contributed by atoms with van der Waals surface area (Å²) in [6.45, 7) is 4.57. The molecule has 6 heteroatoms. The number of anilines is 1. The Hall–Kier alpha value is -2.34. The molecular formula is C18H22N2O3S. The standard InChI is InChI=1S/C18H22N2O3S/c1-4-19-18(21)16-10-8-15(9-11-16)13-20(24(3,22)23)17-7-5-6-14(2)12-17/h5-12H,4,13H2,1-3H3,(H,19,21). The zero-order valence-corrected chi connectivity index (χ0v) is 14.9. The van der Waals surface area contributed by atoms with E-state index in [0.29, 0.717) is 17.8 Å². The van der Waals surface area contributed by atoms with Gasteiger partial charge in [0.25, 0.3) is 5.91 Å². The highest BCUT2D eigenvalue weighted by molar-refractivity contribution is 7.92. The molecule has 1 N–H and O–H groups in total. The van der Waals surface area contributed by atoms with E-state index in [2.05, 4.69) is 5.32 Å². The van der Waals surface area contributed by atoms with Gasteiger partial charge in [-0.3, -0.25) is 9.10 Å². The summed E-state index contributed by atoms with van der Waals surface area (Å²) in [5.41, 5.74) is 3.00. The largest absolute Gasteiger partial charge is 0.352 e. The monoisotopic (exact) mass is 346 g/mol. The van der Waals surface area contributed by atoms with Gasteiger partial charge >= 0.3 is 0 Å². The highest BCUT2D eigenvalue weighted by atomic mass is 32.2. The van der Waals surface area contributed by atoms with Gasteiger partial charge in [0.05, 0.1) is 18.5 Å². The SMILES string of the molecule is CCNC(=O)c1ccc(CN(c2cccc(C)c2)S(C)(=O)=O)cc1. The normalized spacial score (nSPS) is 11.1. The van der Waals surface area contributed by atoms with Crippen LogP contribution in [0.1, 0.15) is 28.4 Å². The van der Waals surface area contributed by atoms with Crippen molar-refractivity contribution in [3.05, 3.63) is 65.2 Å². The van der Waals surface area contributed by atoms with Crippen LogP contribution in [0.4, 0.5) is 5.69 Å². The second-order valence-corrected chi connectivity index (χ2v) is 7.57. The van der Waals surface area contributed by atoms with Crippen molar-refractivity contribution in [1.29, 1.82) is 0 Å². The second kappa shape index (κ2) is 7.49. The van der Waals surface area contributed by atoms with Crippen LogP contribution in [0.25, 0.3) is 0 Å². The van der Waals surface area contributed by atoms with Crippen molar-refractivity contribution in [2.24, 2.45) is 0 Å². The number of carbonyl (C=O) groups is 1. The minimum atomic E-state index is -3.41. The lowest BCUT2D eigenvalue weighted by Gasteiger charge is -2.23. The Bertz CT molecular complexity index is 814. The number of hydrogen-bond acceptors (Lipinski definition) is 3. The molecule has 0 radical (unpaired) electrons. The number of rotatable bonds is 6. The lowest BCUT2D eigenvalue weighted by molar-refractivity contribution is 0.0956. The molecule has 0 aliphatic rings. The molecule has 1 amide bonds. The van der Waals surface area contributed by atoms with Crippen LogP contribution >= 0.6 is 0 Å². The molecular weight excluding hydrogens is 324 g/mol. The van der Waals surface area contributed by atoms with Gasteiger partial charge in [0.1, 0.15) is 0 Å². The molecule has 24 heavy (non-hydrogen) atoms. The Morgan fingerprint density at radius 1 is 1.12 bits per heavy atom. The number of sulfonamides is 1. The average molecular weight is 346 g/mol. The first-order valence-electron chi connectivity index (χ1n) is 7.73. The molecule has 0 saturated carbocycles. The molecule has 0 fully saturated rings. The summed E-state index contributed by atoms with van der Waals surface area (Å²) in [4.78, 5) is 11.8. The molecule has 0 bridgehead atoms. The first kappa shape index (κ1) is 18.0. The Morgan fingerprint density at radius 3 is 2.33 bits per heavy atom. The van der Waals surface area contributed by atoms with Crippen LogP contribution in [0, 0.1) is 6.92 Å². The van der Waals surface area contributed by atoms with Gasteiger partial charge in [-0.2, -0.15) is 0 Å². The molecule has 0 aliphatic carbocycles. The highest BCUT2D eigenvalue weighted by Crippen LogP contribution is 2.21. The van der Waals surface area contributed by atoms with Crippen LogP contribution < -0.4 is 9.62 Å². The predicted octanol–water partition coefficient (Wildman–Crippen LogP) is 2.71. The third kappa shape index (κ3) is 4.58. The van der Waals surface area contributed by atoms with E-state index in [9.17, 15) is 13.2 Å². The van der Waals surface area contributed by atoms with E-state index in [1.54, 1.807) is 30.3 Å². The minimum absolute atomic E-state index is 0.136. The predicted molar refractivity (Wildman–Crippen MR) is 96.7 cm³/mol. The number of benzene rings is 2. The van der Waals surface area contributed by atoms with Crippen LogP contribution in [0.2, 0.25) is 0 Å². The molecule has 0 aromatic heterocycles. The fraction of sp³-hybridized carbons (Fsp3) is 0.278. The average Bonchev–Trinajstić information content (AvgIpc) is 2.52. The Morgan fingerprint density at radius 2 is 1.79 bits per heavy atom. The quantitative estimate of drug-likeness (QED) is 0.874.